The molecule has 3 nitrogen and oxygen atoms in total. The quantitative estimate of drug-likeness (QED) is 0.725. The van der Waals surface area contributed by atoms with Crippen molar-refractivity contribution in [2.45, 2.75) is 53.5 Å². The van der Waals surface area contributed by atoms with Crippen molar-refractivity contribution < 1.29 is 4.79 Å². The lowest BCUT2D eigenvalue weighted by Crippen LogP contribution is -2.38. The fourth-order valence-electron chi connectivity index (χ4n) is 1.91. The number of nitrogens with two attached hydrogens (primary N) is 1. The van der Waals surface area contributed by atoms with E-state index in [-0.39, 0.29) is 17.4 Å². The third-order valence-corrected chi connectivity index (χ3v) is 2.51. The average Bonchev–Trinajstić information content (AvgIpc) is 2.10. The molecular weight excluding hydrogens is 212 g/mol. The molecule has 0 aromatic rings. The van der Waals surface area contributed by atoms with Crippen LogP contribution >= 0.6 is 0 Å². The summed E-state index contributed by atoms with van der Waals surface area (Å²) in [5.74, 6) is 0.132. The highest BCUT2D eigenvalue weighted by Crippen LogP contribution is 2.21. The molecule has 0 rings (SSSR count). The van der Waals surface area contributed by atoms with Crippen molar-refractivity contribution in [2.75, 3.05) is 13.1 Å². The van der Waals surface area contributed by atoms with Gasteiger partial charge in [-0.2, -0.15) is 0 Å². The summed E-state index contributed by atoms with van der Waals surface area (Å²) in [4.78, 5) is 13.8. The lowest BCUT2D eigenvalue weighted by atomic mass is 9.87. The standard InChI is InChI=1S/C14H28N2O/c1-7-16(10-11(2)3)13(17)8-12(15)9-14(4,5)6/h12H,2,7-10,15H2,1,3-6H3. The lowest BCUT2D eigenvalue weighted by Gasteiger charge is -2.26. The number of hydrogen-bond acceptors (Lipinski definition) is 2. The van der Waals surface area contributed by atoms with Crippen LogP contribution in [-0.2, 0) is 4.79 Å². The number of amides is 1. The van der Waals surface area contributed by atoms with Crippen molar-refractivity contribution in [3.05, 3.63) is 12.2 Å². The van der Waals surface area contributed by atoms with Crippen molar-refractivity contribution in [1.82, 2.24) is 4.90 Å². The van der Waals surface area contributed by atoms with E-state index in [4.69, 9.17) is 5.73 Å². The van der Waals surface area contributed by atoms with E-state index < -0.39 is 0 Å². The van der Waals surface area contributed by atoms with Crippen LogP contribution in [0.4, 0.5) is 0 Å². The highest BCUT2D eigenvalue weighted by atomic mass is 16.2. The average molecular weight is 240 g/mol. The SMILES string of the molecule is C=C(C)CN(CC)C(=O)CC(N)CC(C)(C)C. The largest absolute Gasteiger partial charge is 0.339 e. The number of hydrogen-bond donors (Lipinski definition) is 1. The maximum Gasteiger partial charge on any atom is 0.224 e. The van der Waals surface area contributed by atoms with Gasteiger partial charge in [-0.3, -0.25) is 4.79 Å². The monoisotopic (exact) mass is 240 g/mol. The fourth-order valence-corrected chi connectivity index (χ4v) is 1.91. The van der Waals surface area contributed by atoms with Gasteiger partial charge in [-0.05, 0) is 25.7 Å². The molecule has 0 aliphatic heterocycles. The molecule has 0 saturated carbocycles. The van der Waals surface area contributed by atoms with E-state index in [0.29, 0.717) is 19.5 Å². The van der Waals surface area contributed by atoms with Crippen LogP contribution in [0.25, 0.3) is 0 Å². The van der Waals surface area contributed by atoms with Crippen LogP contribution in [0, 0.1) is 5.41 Å². The first kappa shape index (κ1) is 16.2. The Bertz CT molecular complexity index is 266. The predicted octanol–water partition coefficient (Wildman–Crippen LogP) is 2.56. The van der Waals surface area contributed by atoms with Crippen LogP contribution in [0.5, 0.6) is 0 Å². The highest BCUT2D eigenvalue weighted by molar-refractivity contribution is 5.77. The van der Waals surface area contributed by atoms with Crippen molar-refractivity contribution >= 4 is 5.91 Å². The van der Waals surface area contributed by atoms with E-state index in [0.717, 1.165) is 12.0 Å². The zero-order valence-electron chi connectivity index (χ0n) is 12.0. The second-order valence-electron chi connectivity index (χ2n) is 6.09. The molecule has 1 atom stereocenters. The molecule has 0 heterocycles. The van der Waals surface area contributed by atoms with Gasteiger partial charge in [-0.25, -0.2) is 0 Å². The van der Waals surface area contributed by atoms with Crippen molar-refractivity contribution in [1.29, 1.82) is 0 Å². The van der Waals surface area contributed by atoms with Crippen LogP contribution in [0.3, 0.4) is 0 Å². The molecule has 0 bridgehead atoms. The molecule has 0 saturated heterocycles. The van der Waals surface area contributed by atoms with E-state index in [1.165, 1.54) is 0 Å². The lowest BCUT2D eigenvalue weighted by molar-refractivity contribution is -0.131. The molecule has 17 heavy (non-hydrogen) atoms. The first-order chi connectivity index (χ1) is 7.65. The van der Waals surface area contributed by atoms with Crippen molar-refractivity contribution in [3.8, 4) is 0 Å². The molecule has 0 fully saturated rings. The third-order valence-electron chi connectivity index (χ3n) is 2.51. The van der Waals surface area contributed by atoms with E-state index >= 15 is 0 Å². The molecule has 0 aliphatic carbocycles. The molecule has 100 valence electrons. The van der Waals surface area contributed by atoms with Gasteiger partial charge in [-0.15, -0.1) is 0 Å². The molecule has 0 radical (unpaired) electrons. The molecule has 3 heteroatoms. The molecule has 0 spiro atoms. The second-order valence-corrected chi connectivity index (χ2v) is 6.09. The summed E-state index contributed by atoms with van der Waals surface area (Å²) in [5, 5.41) is 0. The molecule has 0 aromatic heterocycles. The smallest absolute Gasteiger partial charge is 0.224 e. The van der Waals surface area contributed by atoms with Gasteiger partial charge >= 0.3 is 0 Å². The Balaban J connectivity index is 4.26. The van der Waals surface area contributed by atoms with E-state index in [1.54, 1.807) is 0 Å². The summed E-state index contributed by atoms with van der Waals surface area (Å²) < 4.78 is 0. The molecular formula is C14H28N2O. The number of nitrogens with zero attached hydrogens (tertiary/aromatic N) is 1. The van der Waals surface area contributed by atoms with Crippen molar-refractivity contribution in [2.24, 2.45) is 11.1 Å². The summed E-state index contributed by atoms with van der Waals surface area (Å²) in [6.45, 7) is 15.5. The molecule has 1 unspecified atom stereocenters. The van der Waals surface area contributed by atoms with Crippen molar-refractivity contribution in [3.63, 3.8) is 0 Å². The van der Waals surface area contributed by atoms with Crippen LogP contribution in [-0.4, -0.2) is 29.9 Å². The minimum atomic E-state index is -0.0540. The fraction of sp³-hybridized carbons (Fsp3) is 0.786. The Morgan fingerprint density at radius 2 is 1.94 bits per heavy atom. The summed E-state index contributed by atoms with van der Waals surface area (Å²) in [6.07, 6.45) is 1.29. The first-order valence-electron chi connectivity index (χ1n) is 6.33. The molecule has 2 N–H and O–H groups in total. The van der Waals surface area contributed by atoms with Gasteiger partial charge in [0.15, 0.2) is 0 Å². The van der Waals surface area contributed by atoms with Crippen LogP contribution in [0.2, 0.25) is 0 Å². The minimum Gasteiger partial charge on any atom is -0.339 e. The van der Waals surface area contributed by atoms with Gasteiger partial charge in [0.05, 0.1) is 0 Å². The van der Waals surface area contributed by atoms with Gasteiger partial charge in [0.2, 0.25) is 5.91 Å². The van der Waals surface area contributed by atoms with Gasteiger partial charge in [0, 0.05) is 25.6 Å². The van der Waals surface area contributed by atoms with E-state index in [9.17, 15) is 4.79 Å². The maximum atomic E-state index is 12.0. The molecule has 0 aromatic carbocycles. The normalized spacial score (nSPS) is 13.3. The summed E-state index contributed by atoms with van der Waals surface area (Å²) in [7, 11) is 0. The van der Waals surface area contributed by atoms with Crippen LogP contribution in [0.1, 0.15) is 47.5 Å². The van der Waals surface area contributed by atoms with Crippen LogP contribution < -0.4 is 5.73 Å². The van der Waals surface area contributed by atoms with E-state index in [2.05, 4.69) is 27.4 Å². The van der Waals surface area contributed by atoms with Gasteiger partial charge < -0.3 is 10.6 Å². The Kier molecular flexibility index (Phi) is 6.46. The van der Waals surface area contributed by atoms with Gasteiger partial charge in [0.1, 0.15) is 0 Å². The third kappa shape index (κ3) is 7.97. The zero-order chi connectivity index (χ0) is 13.6. The molecule has 1 amide bonds. The number of likely N-dealkylation sites (N-methyl/N-ethyl adjacent to an activating group) is 1. The summed E-state index contributed by atoms with van der Waals surface area (Å²) >= 11 is 0. The number of carbonyl (C=O) groups is 1. The van der Waals surface area contributed by atoms with Gasteiger partial charge in [0.25, 0.3) is 0 Å². The second kappa shape index (κ2) is 6.80. The minimum absolute atomic E-state index is 0.0540. The summed E-state index contributed by atoms with van der Waals surface area (Å²) in [5.41, 5.74) is 7.19. The Labute approximate surface area is 106 Å². The predicted molar refractivity (Wildman–Crippen MR) is 73.7 cm³/mol. The van der Waals surface area contributed by atoms with E-state index in [1.807, 2.05) is 18.7 Å². The Morgan fingerprint density at radius 3 is 2.29 bits per heavy atom. The zero-order valence-corrected chi connectivity index (χ0v) is 12.0. The Morgan fingerprint density at radius 1 is 1.41 bits per heavy atom. The maximum absolute atomic E-state index is 12.0. The molecule has 0 aliphatic rings. The first-order valence-corrected chi connectivity index (χ1v) is 6.33. The highest BCUT2D eigenvalue weighted by Gasteiger charge is 2.20. The Hall–Kier alpha value is -0.830. The van der Waals surface area contributed by atoms with Crippen LogP contribution in [0.15, 0.2) is 12.2 Å². The van der Waals surface area contributed by atoms with Gasteiger partial charge in [-0.1, -0.05) is 32.9 Å². The topological polar surface area (TPSA) is 46.3 Å². The number of rotatable bonds is 6. The summed E-state index contributed by atoms with van der Waals surface area (Å²) in [6, 6.07) is -0.0540. The number of carbonyl (C=O) groups excluding carboxylic acids is 1.